The van der Waals surface area contributed by atoms with Crippen molar-refractivity contribution < 1.29 is 24.0 Å². The van der Waals surface area contributed by atoms with E-state index in [9.17, 15) is 24.8 Å². The highest BCUT2D eigenvalue weighted by Crippen LogP contribution is 2.35. The van der Waals surface area contributed by atoms with Crippen molar-refractivity contribution in [1.82, 2.24) is 9.66 Å². The van der Waals surface area contributed by atoms with Gasteiger partial charge in [0.2, 0.25) is 11.6 Å². The van der Waals surface area contributed by atoms with Crippen LogP contribution in [0.5, 0.6) is 5.75 Å². The zero-order valence-corrected chi connectivity index (χ0v) is 23.0. The van der Waals surface area contributed by atoms with Gasteiger partial charge >= 0.3 is 11.7 Å². The molecular weight excluding hydrogens is 640 g/mol. The molecule has 0 amide bonds. The van der Waals surface area contributed by atoms with Crippen LogP contribution in [0.25, 0.3) is 33.5 Å². The molecule has 0 saturated heterocycles. The van der Waals surface area contributed by atoms with E-state index >= 15 is 0 Å². The third-order valence-electron chi connectivity index (χ3n) is 5.67. The number of furan rings is 1. The molecule has 11 nitrogen and oxygen atoms in total. The lowest BCUT2D eigenvalue weighted by molar-refractivity contribution is -0.386. The van der Waals surface area contributed by atoms with Crippen LogP contribution >= 0.6 is 31.9 Å². The molecule has 3 aromatic carbocycles. The molecule has 0 fully saturated rings. The van der Waals surface area contributed by atoms with E-state index in [1.54, 1.807) is 36.4 Å². The van der Waals surface area contributed by atoms with Gasteiger partial charge in [-0.05, 0) is 49.4 Å². The molecule has 0 aliphatic carbocycles. The Bertz CT molecular complexity index is 1880. The minimum Gasteiger partial charge on any atom is -0.479 e. The summed E-state index contributed by atoms with van der Waals surface area (Å²) >= 11 is 6.65. The van der Waals surface area contributed by atoms with Crippen LogP contribution in [-0.2, 0) is 4.79 Å². The van der Waals surface area contributed by atoms with Crippen LogP contribution in [0.4, 0.5) is 5.69 Å². The van der Waals surface area contributed by atoms with E-state index in [0.29, 0.717) is 15.6 Å². The molecule has 1 atom stereocenters. The minimum atomic E-state index is -1.40. The zero-order valence-electron chi connectivity index (χ0n) is 19.9. The number of ether oxygens (including phenoxy) is 1. The smallest absolute Gasteiger partial charge is 0.344 e. The molecule has 0 unspecified atom stereocenters. The lowest BCUT2D eigenvalue weighted by atomic mass is 10.2. The molecule has 1 N–H and O–H groups in total. The van der Waals surface area contributed by atoms with Crippen LogP contribution in [0, 0.1) is 10.1 Å². The molecule has 196 valence electrons. The van der Waals surface area contributed by atoms with E-state index in [1.165, 1.54) is 25.3 Å². The number of fused-ring (bicyclic) bond motifs is 2. The summed E-state index contributed by atoms with van der Waals surface area (Å²) in [6.45, 7) is 1.24. The van der Waals surface area contributed by atoms with Crippen LogP contribution < -0.4 is 10.3 Å². The van der Waals surface area contributed by atoms with Crippen LogP contribution in [-0.4, -0.2) is 38.0 Å². The van der Waals surface area contributed by atoms with Crippen molar-refractivity contribution in [2.75, 3.05) is 0 Å². The Kier molecular flexibility index (Phi) is 7.02. The van der Waals surface area contributed by atoms with Gasteiger partial charge in [-0.3, -0.25) is 14.9 Å². The molecule has 39 heavy (non-hydrogen) atoms. The molecule has 0 saturated carbocycles. The van der Waals surface area contributed by atoms with Gasteiger partial charge < -0.3 is 14.3 Å². The average Bonchev–Trinajstić information content (AvgIpc) is 3.32. The molecule has 0 aliphatic heterocycles. The number of hydrogen-bond acceptors (Lipinski definition) is 8. The van der Waals surface area contributed by atoms with Crippen molar-refractivity contribution in [1.29, 1.82) is 0 Å². The summed E-state index contributed by atoms with van der Waals surface area (Å²) in [5.41, 5.74) is 0.0455. The molecule has 13 heteroatoms. The van der Waals surface area contributed by atoms with Crippen LogP contribution in [0.1, 0.15) is 12.5 Å². The third kappa shape index (κ3) is 5.18. The van der Waals surface area contributed by atoms with Crippen LogP contribution in [0.3, 0.4) is 0 Å². The van der Waals surface area contributed by atoms with Gasteiger partial charge in [0, 0.05) is 26.0 Å². The zero-order chi connectivity index (χ0) is 27.8. The van der Waals surface area contributed by atoms with Crippen molar-refractivity contribution in [2.24, 2.45) is 5.10 Å². The number of benzene rings is 3. The number of carboxylic acid groups (broad SMARTS) is 1. The molecule has 0 spiro atoms. The van der Waals surface area contributed by atoms with E-state index in [-0.39, 0.29) is 28.3 Å². The van der Waals surface area contributed by atoms with Gasteiger partial charge in [-0.25, -0.2) is 9.78 Å². The lowest BCUT2D eigenvalue weighted by Gasteiger charge is -2.13. The van der Waals surface area contributed by atoms with Crippen LogP contribution in [0.15, 0.2) is 83.9 Å². The number of hydrogen-bond donors (Lipinski definition) is 1. The Morgan fingerprint density at radius 2 is 1.95 bits per heavy atom. The third-order valence-corrected chi connectivity index (χ3v) is 6.62. The van der Waals surface area contributed by atoms with E-state index in [0.717, 1.165) is 14.5 Å². The number of nitro groups is 1. The molecule has 5 aromatic rings. The maximum absolute atomic E-state index is 13.5. The second-order valence-corrected chi connectivity index (χ2v) is 10.1. The first-order chi connectivity index (χ1) is 18.6. The SMILES string of the molecule is C[C@@H](Oc1c(C=Nn2c(-c3cc4cc(Br)ccc4o3)nc3ccccc3c2=O)cc(Br)cc1[N+](=O)[O-])C(=O)O. The van der Waals surface area contributed by atoms with Crippen molar-refractivity contribution in [3.05, 3.63) is 95.6 Å². The second kappa shape index (κ2) is 10.4. The van der Waals surface area contributed by atoms with E-state index in [4.69, 9.17) is 9.15 Å². The second-order valence-electron chi connectivity index (χ2n) is 8.31. The molecule has 0 aliphatic rings. The van der Waals surface area contributed by atoms with E-state index in [2.05, 4.69) is 41.9 Å². The number of nitro benzene ring substituents is 1. The first-order valence-corrected chi connectivity index (χ1v) is 12.8. The highest BCUT2D eigenvalue weighted by Gasteiger charge is 2.25. The predicted molar refractivity (Wildman–Crippen MR) is 150 cm³/mol. The molecule has 5 rings (SSSR count). The number of nitrogens with zero attached hydrogens (tertiary/aromatic N) is 4. The van der Waals surface area contributed by atoms with Gasteiger partial charge in [0.25, 0.3) is 5.56 Å². The Hall–Kier alpha value is -4.36. The van der Waals surface area contributed by atoms with E-state index < -0.39 is 28.2 Å². The Balaban J connectivity index is 1.73. The summed E-state index contributed by atoms with van der Waals surface area (Å²) in [5, 5.41) is 26.4. The summed E-state index contributed by atoms with van der Waals surface area (Å²) < 4.78 is 13.6. The first kappa shape index (κ1) is 26.3. The fraction of sp³-hybridized carbons (Fsp3) is 0.0769. The monoisotopic (exact) mass is 654 g/mol. The maximum atomic E-state index is 13.5. The summed E-state index contributed by atoms with van der Waals surface area (Å²) in [4.78, 5) is 40.6. The molecular formula is C26H16Br2N4O7. The van der Waals surface area contributed by atoms with Gasteiger partial charge in [-0.2, -0.15) is 9.78 Å². The van der Waals surface area contributed by atoms with Gasteiger partial charge in [-0.15, -0.1) is 0 Å². The van der Waals surface area contributed by atoms with Crippen molar-refractivity contribution in [2.45, 2.75) is 13.0 Å². The Labute approximate surface area is 235 Å². The molecule has 0 bridgehead atoms. The van der Waals surface area contributed by atoms with Crippen LogP contribution in [0.2, 0.25) is 0 Å². The molecule has 0 radical (unpaired) electrons. The number of halogens is 2. The summed E-state index contributed by atoms with van der Waals surface area (Å²) in [6.07, 6.45) is -0.227. The molecule has 2 aromatic heterocycles. The van der Waals surface area contributed by atoms with Gasteiger partial charge in [0.05, 0.1) is 22.0 Å². The van der Waals surface area contributed by atoms with Crippen molar-refractivity contribution in [3.63, 3.8) is 0 Å². The number of aliphatic carboxylic acids is 1. The van der Waals surface area contributed by atoms with Gasteiger partial charge in [0.15, 0.2) is 11.9 Å². The van der Waals surface area contributed by atoms with Gasteiger partial charge in [-0.1, -0.05) is 44.0 Å². The van der Waals surface area contributed by atoms with E-state index in [1.807, 2.05) is 12.1 Å². The lowest BCUT2D eigenvalue weighted by Crippen LogP contribution is -2.24. The standard InChI is InChI=1S/C26H16Br2N4O7/c1-13(26(34)35)38-23-15(9-17(28)11-20(23)32(36)37)12-29-31-24(30-19-5-3-2-4-18(19)25(31)33)22-10-14-8-16(27)6-7-21(14)39-22/h2-13H,1H3,(H,34,35)/t13-/m1/s1. The number of para-hydroxylation sites is 1. The normalized spacial score (nSPS) is 12.3. The maximum Gasteiger partial charge on any atom is 0.344 e. The minimum absolute atomic E-state index is 0.0590. The summed E-state index contributed by atoms with van der Waals surface area (Å²) in [7, 11) is 0. The number of carbonyl (C=O) groups is 1. The summed E-state index contributed by atoms with van der Waals surface area (Å²) in [5.74, 6) is -1.28. The highest BCUT2D eigenvalue weighted by atomic mass is 79.9. The van der Waals surface area contributed by atoms with Crippen molar-refractivity contribution >= 4 is 71.6 Å². The fourth-order valence-corrected chi connectivity index (χ4v) is 4.66. The quantitative estimate of drug-likeness (QED) is 0.128. The van der Waals surface area contributed by atoms with Crippen molar-refractivity contribution in [3.8, 4) is 17.3 Å². The number of carboxylic acids is 1. The largest absolute Gasteiger partial charge is 0.479 e. The number of rotatable bonds is 7. The summed E-state index contributed by atoms with van der Waals surface area (Å²) in [6, 6.07) is 16.5. The Morgan fingerprint density at radius 1 is 1.18 bits per heavy atom. The molecule has 2 heterocycles. The first-order valence-electron chi connectivity index (χ1n) is 11.3. The fourth-order valence-electron chi connectivity index (χ4n) is 3.82. The topological polar surface area (TPSA) is 150 Å². The average molecular weight is 656 g/mol. The number of aromatic nitrogens is 2. The Morgan fingerprint density at radius 3 is 2.69 bits per heavy atom. The highest BCUT2D eigenvalue weighted by molar-refractivity contribution is 9.10. The predicted octanol–water partition coefficient (Wildman–Crippen LogP) is 5.98. The van der Waals surface area contributed by atoms with Gasteiger partial charge in [0.1, 0.15) is 5.58 Å².